The summed E-state index contributed by atoms with van der Waals surface area (Å²) in [6.07, 6.45) is 1.19. The van der Waals surface area contributed by atoms with E-state index in [2.05, 4.69) is 5.32 Å². The second-order valence-electron chi connectivity index (χ2n) is 3.83. The Morgan fingerprint density at radius 3 is 3.05 bits per heavy atom. The van der Waals surface area contributed by atoms with Gasteiger partial charge in [0.15, 0.2) is 5.76 Å². The zero-order valence-electron chi connectivity index (χ0n) is 10.2. The Kier molecular flexibility index (Phi) is 5.14. The lowest BCUT2D eigenvalue weighted by Crippen LogP contribution is -2.29. The highest BCUT2D eigenvalue weighted by atomic mass is 32.1. The first-order valence-corrected chi connectivity index (χ1v) is 6.82. The Hall–Kier alpha value is -1.63. The highest BCUT2D eigenvalue weighted by Crippen LogP contribution is 2.19. The van der Waals surface area contributed by atoms with E-state index in [-0.39, 0.29) is 31.0 Å². The van der Waals surface area contributed by atoms with Gasteiger partial charge in [-0.3, -0.25) is 4.79 Å². The van der Waals surface area contributed by atoms with Gasteiger partial charge in [0.1, 0.15) is 6.10 Å². The number of hydrogen-bond acceptors (Lipinski definition) is 5. The molecule has 0 fully saturated rings. The molecule has 0 aliphatic heterocycles. The smallest absolute Gasteiger partial charge is 0.287 e. The Labute approximate surface area is 114 Å². The number of rotatable bonds is 7. The monoisotopic (exact) mass is 281 g/mol. The average molecular weight is 281 g/mol. The highest BCUT2D eigenvalue weighted by molar-refractivity contribution is 7.07. The maximum absolute atomic E-state index is 11.7. The van der Waals surface area contributed by atoms with Crippen LogP contribution in [0.2, 0.25) is 0 Å². The summed E-state index contributed by atoms with van der Waals surface area (Å²) < 4.78 is 10.5. The quantitative estimate of drug-likeness (QED) is 0.812. The number of thiophene rings is 1. The molecule has 0 bridgehead atoms. The van der Waals surface area contributed by atoms with Gasteiger partial charge in [0, 0.05) is 6.54 Å². The molecular formula is C13H15NO4S. The number of ether oxygens (including phenoxy) is 1. The number of aliphatic hydroxyl groups is 1. The van der Waals surface area contributed by atoms with E-state index in [9.17, 15) is 4.79 Å². The summed E-state index contributed by atoms with van der Waals surface area (Å²) in [7, 11) is 0. The van der Waals surface area contributed by atoms with Crippen molar-refractivity contribution >= 4 is 17.2 Å². The number of carbonyl (C=O) groups is 1. The van der Waals surface area contributed by atoms with Crippen molar-refractivity contribution in [2.75, 3.05) is 19.8 Å². The lowest BCUT2D eigenvalue weighted by atomic mass is 10.2. The van der Waals surface area contributed by atoms with Crippen molar-refractivity contribution in [3.05, 3.63) is 46.5 Å². The number of nitrogens with one attached hydrogen (secondary N) is 1. The first kappa shape index (κ1) is 13.8. The van der Waals surface area contributed by atoms with Gasteiger partial charge in [0.2, 0.25) is 0 Å². The molecule has 0 spiro atoms. The predicted octanol–water partition coefficient (Wildman–Crippen LogP) is 1.82. The lowest BCUT2D eigenvalue weighted by Gasteiger charge is -2.16. The molecule has 2 N–H and O–H groups in total. The Morgan fingerprint density at radius 2 is 2.42 bits per heavy atom. The van der Waals surface area contributed by atoms with Crippen molar-refractivity contribution in [2.24, 2.45) is 0 Å². The zero-order valence-corrected chi connectivity index (χ0v) is 11.1. The zero-order chi connectivity index (χ0) is 13.5. The van der Waals surface area contributed by atoms with Crippen LogP contribution in [0.4, 0.5) is 0 Å². The van der Waals surface area contributed by atoms with Crippen LogP contribution in [0.15, 0.2) is 39.6 Å². The normalized spacial score (nSPS) is 12.3. The molecule has 0 saturated heterocycles. The van der Waals surface area contributed by atoms with E-state index in [1.54, 1.807) is 23.5 Å². The van der Waals surface area contributed by atoms with Gasteiger partial charge in [-0.15, -0.1) is 0 Å². The highest BCUT2D eigenvalue weighted by Gasteiger charge is 2.15. The van der Waals surface area contributed by atoms with Crippen molar-refractivity contribution in [3.8, 4) is 0 Å². The van der Waals surface area contributed by atoms with Gasteiger partial charge in [0.05, 0.1) is 19.5 Å². The van der Waals surface area contributed by atoms with E-state index in [1.807, 2.05) is 16.8 Å². The molecule has 0 aliphatic carbocycles. The predicted molar refractivity (Wildman–Crippen MR) is 71.1 cm³/mol. The number of hydrogen-bond donors (Lipinski definition) is 2. The summed E-state index contributed by atoms with van der Waals surface area (Å²) in [5.74, 6) is -0.0101. The van der Waals surface area contributed by atoms with Gasteiger partial charge < -0.3 is 19.6 Å². The van der Waals surface area contributed by atoms with Crippen molar-refractivity contribution in [1.82, 2.24) is 5.32 Å². The first-order valence-electron chi connectivity index (χ1n) is 5.87. The third kappa shape index (κ3) is 3.92. The maximum atomic E-state index is 11.7. The van der Waals surface area contributed by atoms with Gasteiger partial charge in [-0.05, 0) is 34.5 Å². The number of carbonyl (C=O) groups excluding carboxylic acids is 1. The van der Waals surface area contributed by atoms with Crippen LogP contribution in [0.5, 0.6) is 0 Å². The van der Waals surface area contributed by atoms with E-state index in [1.165, 1.54) is 6.26 Å². The molecule has 2 heterocycles. The van der Waals surface area contributed by atoms with Crippen LogP contribution in [0.3, 0.4) is 0 Å². The summed E-state index contributed by atoms with van der Waals surface area (Å²) in [6.45, 7) is 0.514. The van der Waals surface area contributed by atoms with Crippen molar-refractivity contribution in [2.45, 2.75) is 6.10 Å². The minimum atomic E-state index is -0.280. The standard InChI is InChI=1S/C13H15NO4S/c15-4-6-18-12(10-3-7-19-9-10)8-14-13(16)11-2-1-5-17-11/h1-3,5,7,9,12,15H,4,6,8H2,(H,14,16)/t12-/m0/s1. The van der Waals surface area contributed by atoms with Crippen molar-refractivity contribution in [1.29, 1.82) is 0 Å². The molecule has 102 valence electrons. The molecule has 2 rings (SSSR count). The van der Waals surface area contributed by atoms with Crippen LogP contribution >= 0.6 is 11.3 Å². The van der Waals surface area contributed by atoms with E-state index in [0.29, 0.717) is 6.54 Å². The Bertz CT molecular complexity index is 481. The topological polar surface area (TPSA) is 71.7 Å². The second-order valence-corrected chi connectivity index (χ2v) is 4.61. The molecule has 0 aliphatic rings. The van der Waals surface area contributed by atoms with Gasteiger partial charge in [-0.2, -0.15) is 11.3 Å². The minimum absolute atomic E-state index is 0.0488. The molecule has 0 saturated carbocycles. The average Bonchev–Trinajstić information content (AvgIpc) is 3.11. The lowest BCUT2D eigenvalue weighted by molar-refractivity contribution is 0.0277. The van der Waals surface area contributed by atoms with E-state index in [0.717, 1.165) is 5.56 Å². The SMILES string of the molecule is O=C(NC[C@H](OCCO)c1ccsc1)c1ccco1. The molecule has 0 unspecified atom stereocenters. The molecule has 2 aromatic heterocycles. The molecule has 0 aromatic carbocycles. The number of aliphatic hydroxyl groups excluding tert-OH is 1. The summed E-state index contributed by atoms with van der Waals surface area (Å²) in [6, 6.07) is 5.20. The molecular weight excluding hydrogens is 266 g/mol. The summed E-state index contributed by atoms with van der Waals surface area (Å²) in [5, 5.41) is 15.5. The fraction of sp³-hybridized carbons (Fsp3) is 0.308. The van der Waals surface area contributed by atoms with Crippen molar-refractivity contribution in [3.63, 3.8) is 0 Å². The first-order chi connectivity index (χ1) is 9.31. The van der Waals surface area contributed by atoms with E-state index in [4.69, 9.17) is 14.3 Å². The number of furan rings is 1. The van der Waals surface area contributed by atoms with Crippen LogP contribution in [0, 0.1) is 0 Å². The van der Waals surface area contributed by atoms with Gasteiger partial charge in [0.25, 0.3) is 5.91 Å². The summed E-state index contributed by atoms with van der Waals surface area (Å²) in [5.41, 5.74) is 0.984. The van der Waals surface area contributed by atoms with Crippen LogP contribution in [0.1, 0.15) is 22.2 Å². The largest absolute Gasteiger partial charge is 0.459 e. The van der Waals surface area contributed by atoms with Crippen LogP contribution in [0.25, 0.3) is 0 Å². The van der Waals surface area contributed by atoms with E-state index < -0.39 is 0 Å². The summed E-state index contributed by atoms with van der Waals surface area (Å²) >= 11 is 1.56. The molecule has 0 radical (unpaired) electrons. The fourth-order valence-corrected chi connectivity index (χ4v) is 2.31. The third-order valence-electron chi connectivity index (χ3n) is 2.52. The molecule has 1 amide bonds. The molecule has 19 heavy (non-hydrogen) atoms. The van der Waals surface area contributed by atoms with Crippen LogP contribution < -0.4 is 5.32 Å². The molecule has 5 nitrogen and oxygen atoms in total. The Morgan fingerprint density at radius 1 is 1.53 bits per heavy atom. The maximum Gasteiger partial charge on any atom is 0.287 e. The van der Waals surface area contributed by atoms with Gasteiger partial charge in [-0.25, -0.2) is 0 Å². The minimum Gasteiger partial charge on any atom is -0.459 e. The van der Waals surface area contributed by atoms with Crippen molar-refractivity contribution < 1.29 is 19.1 Å². The van der Waals surface area contributed by atoms with Gasteiger partial charge in [-0.1, -0.05) is 0 Å². The third-order valence-corrected chi connectivity index (χ3v) is 3.22. The molecule has 2 aromatic rings. The second kappa shape index (κ2) is 7.08. The Balaban J connectivity index is 1.91. The van der Waals surface area contributed by atoms with E-state index >= 15 is 0 Å². The molecule has 6 heteroatoms. The molecule has 1 atom stereocenters. The van der Waals surface area contributed by atoms with Gasteiger partial charge >= 0.3 is 0 Å². The fourth-order valence-electron chi connectivity index (χ4n) is 1.61. The summed E-state index contributed by atoms with van der Waals surface area (Å²) in [4.78, 5) is 11.7. The van der Waals surface area contributed by atoms with Crippen LogP contribution in [-0.2, 0) is 4.74 Å². The number of amides is 1. The van der Waals surface area contributed by atoms with Crippen LogP contribution in [-0.4, -0.2) is 30.8 Å².